The van der Waals surface area contributed by atoms with E-state index < -0.39 is 0 Å². The van der Waals surface area contributed by atoms with Gasteiger partial charge in [0.25, 0.3) is 0 Å². The summed E-state index contributed by atoms with van der Waals surface area (Å²) in [6.07, 6.45) is 2.10. The van der Waals surface area contributed by atoms with Crippen LogP contribution in [0.4, 0.5) is 5.69 Å². The molecule has 1 aliphatic rings. The van der Waals surface area contributed by atoms with Gasteiger partial charge in [0.2, 0.25) is 0 Å². The summed E-state index contributed by atoms with van der Waals surface area (Å²) in [5, 5.41) is 3.14. The van der Waals surface area contributed by atoms with E-state index in [1.54, 1.807) is 0 Å². The van der Waals surface area contributed by atoms with E-state index in [9.17, 15) is 0 Å². The van der Waals surface area contributed by atoms with Crippen LogP contribution in [0, 0.1) is 0 Å². The second-order valence-electron chi connectivity index (χ2n) is 6.75. The van der Waals surface area contributed by atoms with Gasteiger partial charge >= 0.3 is 0 Å². The molecule has 1 heterocycles. The number of nitrogens with one attached hydrogen (secondary N) is 1. The highest BCUT2D eigenvalue weighted by atomic mass is 16.5. The Bertz CT molecular complexity index is 534. The van der Waals surface area contributed by atoms with Crippen LogP contribution >= 0.6 is 0 Å². The van der Waals surface area contributed by atoms with E-state index in [0.717, 1.165) is 37.5 Å². The molecule has 1 aromatic carbocycles. The van der Waals surface area contributed by atoms with Gasteiger partial charge in [0.1, 0.15) is 5.75 Å². The zero-order chi connectivity index (χ0) is 17.6. The number of likely N-dealkylation sites (N-methyl/N-ethyl adjacent to an activating group) is 1. The third kappa shape index (κ3) is 5.11. The van der Waals surface area contributed by atoms with Crippen molar-refractivity contribution in [2.75, 3.05) is 39.2 Å². The molecule has 1 aliphatic heterocycles. The lowest BCUT2D eigenvalue weighted by Gasteiger charge is -2.41. The third-order valence-corrected chi connectivity index (χ3v) is 4.41. The molecule has 6 heteroatoms. The number of guanidine groups is 1. The minimum absolute atomic E-state index is 0.0273. The summed E-state index contributed by atoms with van der Waals surface area (Å²) < 4.78 is 11.1. The lowest BCUT2D eigenvalue weighted by atomic mass is 9.89. The van der Waals surface area contributed by atoms with Crippen molar-refractivity contribution in [1.29, 1.82) is 0 Å². The number of aliphatic imine (C=N–C) groups is 1. The monoisotopic (exact) mass is 334 g/mol. The Morgan fingerprint density at radius 3 is 2.46 bits per heavy atom. The van der Waals surface area contributed by atoms with Crippen molar-refractivity contribution in [2.45, 2.75) is 38.3 Å². The summed E-state index contributed by atoms with van der Waals surface area (Å²) >= 11 is 0. The van der Waals surface area contributed by atoms with Gasteiger partial charge in [-0.15, -0.1) is 0 Å². The van der Waals surface area contributed by atoms with Crippen LogP contribution in [0.1, 0.15) is 26.7 Å². The smallest absolute Gasteiger partial charge is 0.193 e. The molecule has 0 atom stereocenters. The molecule has 1 saturated heterocycles. The molecule has 0 radical (unpaired) electrons. The van der Waals surface area contributed by atoms with E-state index in [2.05, 4.69) is 29.3 Å². The SMILES string of the molecule is CC(C)Oc1ccc(NC(N)=NCC2(N(C)C)CCOCC2)cc1. The molecule has 0 saturated carbocycles. The fourth-order valence-electron chi connectivity index (χ4n) is 2.81. The third-order valence-electron chi connectivity index (χ3n) is 4.41. The zero-order valence-corrected chi connectivity index (χ0v) is 15.2. The largest absolute Gasteiger partial charge is 0.491 e. The van der Waals surface area contributed by atoms with E-state index in [4.69, 9.17) is 15.2 Å². The van der Waals surface area contributed by atoms with Crippen LogP contribution < -0.4 is 15.8 Å². The lowest BCUT2D eigenvalue weighted by molar-refractivity contribution is -0.00249. The first kappa shape index (κ1) is 18.5. The maximum atomic E-state index is 6.06. The summed E-state index contributed by atoms with van der Waals surface area (Å²) in [4.78, 5) is 6.80. The van der Waals surface area contributed by atoms with E-state index in [1.807, 2.05) is 38.1 Å². The summed E-state index contributed by atoms with van der Waals surface area (Å²) in [5.41, 5.74) is 6.99. The van der Waals surface area contributed by atoms with Gasteiger partial charge in [-0.25, -0.2) is 0 Å². The molecule has 6 nitrogen and oxygen atoms in total. The number of nitrogens with zero attached hydrogens (tertiary/aromatic N) is 2. The van der Waals surface area contributed by atoms with Crippen molar-refractivity contribution < 1.29 is 9.47 Å². The van der Waals surface area contributed by atoms with Crippen molar-refractivity contribution in [3.05, 3.63) is 24.3 Å². The number of nitrogens with two attached hydrogens (primary N) is 1. The number of hydrogen-bond donors (Lipinski definition) is 2. The Labute approximate surface area is 145 Å². The number of hydrogen-bond acceptors (Lipinski definition) is 4. The summed E-state index contributed by atoms with van der Waals surface area (Å²) in [6, 6.07) is 7.73. The minimum atomic E-state index is 0.0273. The number of anilines is 1. The molecule has 0 unspecified atom stereocenters. The molecule has 0 aromatic heterocycles. The molecule has 24 heavy (non-hydrogen) atoms. The molecule has 0 aliphatic carbocycles. The Balaban J connectivity index is 1.95. The maximum absolute atomic E-state index is 6.06. The fourth-order valence-corrected chi connectivity index (χ4v) is 2.81. The van der Waals surface area contributed by atoms with Crippen LogP contribution in [-0.2, 0) is 4.74 Å². The number of ether oxygens (including phenoxy) is 2. The molecular formula is C18H30N4O2. The van der Waals surface area contributed by atoms with Crippen LogP contribution in [0.2, 0.25) is 0 Å². The van der Waals surface area contributed by atoms with Gasteiger partial charge in [0, 0.05) is 24.4 Å². The second-order valence-corrected chi connectivity index (χ2v) is 6.75. The molecule has 0 amide bonds. The number of rotatable bonds is 6. The van der Waals surface area contributed by atoms with Crippen LogP contribution in [0.5, 0.6) is 5.75 Å². The van der Waals surface area contributed by atoms with Crippen LogP contribution in [0.3, 0.4) is 0 Å². The Hall–Kier alpha value is -1.79. The maximum Gasteiger partial charge on any atom is 0.193 e. The summed E-state index contributed by atoms with van der Waals surface area (Å²) in [7, 11) is 4.19. The van der Waals surface area contributed by atoms with Gasteiger partial charge in [0.05, 0.1) is 12.6 Å². The predicted octanol–water partition coefficient (Wildman–Crippen LogP) is 2.31. The zero-order valence-electron chi connectivity index (χ0n) is 15.2. The highest BCUT2D eigenvalue weighted by Crippen LogP contribution is 2.26. The average molecular weight is 334 g/mol. The molecule has 3 N–H and O–H groups in total. The number of benzene rings is 1. The minimum Gasteiger partial charge on any atom is -0.491 e. The Morgan fingerprint density at radius 1 is 1.29 bits per heavy atom. The van der Waals surface area contributed by atoms with Crippen LogP contribution in [-0.4, -0.2) is 56.4 Å². The van der Waals surface area contributed by atoms with Gasteiger partial charge in [-0.05, 0) is 65.0 Å². The van der Waals surface area contributed by atoms with Crippen molar-refractivity contribution >= 4 is 11.6 Å². The molecular weight excluding hydrogens is 304 g/mol. The quantitative estimate of drug-likeness (QED) is 0.617. The van der Waals surface area contributed by atoms with Gasteiger partial charge in [-0.3, -0.25) is 4.99 Å². The molecule has 0 spiro atoms. The van der Waals surface area contributed by atoms with E-state index in [-0.39, 0.29) is 11.6 Å². The second kappa shape index (κ2) is 8.35. The first-order chi connectivity index (χ1) is 11.4. The van der Waals surface area contributed by atoms with Gasteiger partial charge in [-0.1, -0.05) is 0 Å². The lowest BCUT2D eigenvalue weighted by Crippen LogP contribution is -2.51. The molecule has 134 valence electrons. The van der Waals surface area contributed by atoms with Crippen molar-refractivity contribution in [3.63, 3.8) is 0 Å². The predicted molar refractivity (Wildman–Crippen MR) is 98.8 cm³/mol. The van der Waals surface area contributed by atoms with Crippen LogP contribution in [0.15, 0.2) is 29.3 Å². The highest BCUT2D eigenvalue weighted by Gasteiger charge is 2.34. The van der Waals surface area contributed by atoms with E-state index >= 15 is 0 Å². The van der Waals surface area contributed by atoms with Gasteiger partial charge in [0.15, 0.2) is 5.96 Å². The van der Waals surface area contributed by atoms with E-state index in [0.29, 0.717) is 12.5 Å². The average Bonchev–Trinajstić information content (AvgIpc) is 2.55. The molecule has 2 rings (SSSR count). The topological polar surface area (TPSA) is 72.1 Å². The van der Waals surface area contributed by atoms with Crippen LogP contribution in [0.25, 0.3) is 0 Å². The van der Waals surface area contributed by atoms with Gasteiger partial charge in [-0.2, -0.15) is 0 Å². The van der Waals surface area contributed by atoms with E-state index in [1.165, 1.54) is 0 Å². The van der Waals surface area contributed by atoms with Gasteiger partial charge < -0.3 is 25.4 Å². The molecule has 1 aromatic rings. The fraction of sp³-hybridized carbons (Fsp3) is 0.611. The standard InChI is InChI=1S/C18H30N4O2/c1-14(2)24-16-7-5-15(6-8-16)21-17(19)20-13-18(22(3)4)9-11-23-12-10-18/h5-8,14H,9-13H2,1-4H3,(H3,19,20,21). The highest BCUT2D eigenvalue weighted by molar-refractivity contribution is 5.92. The van der Waals surface area contributed by atoms with Crippen molar-refractivity contribution in [2.24, 2.45) is 10.7 Å². The normalized spacial score (nSPS) is 18.0. The molecule has 0 bridgehead atoms. The van der Waals surface area contributed by atoms with Crippen molar-refractivity contribution in [1.82, 2.24) is 4.90 Å². The molecule has 1 fully saturated rings. The first-order valence-corrected chi connectivity index (χ1v) is 8.50. The Kier molecular flexibility index (Phi) is 6.45. The summed E-state index contributed by atoms with van der Waals surface area (Å²) in [5.74, 6) is 1.28. The van der Waals surface area contributed by atoms with Crippen molar-refractivity contribution in [3.8, 4) is 5.75 Å². The summed E-state index contributed by atoms with van der Waals surface area (Å²) in [6.45, 7) is 6.23. The first-order valence-electron chi connectivity index (χ1n) is 8.50. The Morgan fingerprint density at radius 2 is 1.92 bits per heavy atom.